The summed E-state index contributed by atoms with van der Waals surface area (Å²) >= 11 is 11.9. The minimum Gasteiger partial charge on any atom is -0.492 e. The van der Waals surface area contributed by atoms with Crippen LogP contribution in [0.25, 0.3) is 0 Å². The normalized spacial score (nSPS) is 12.0. The summed E-state index contributed by atoms with van der Waals surface area (Å²) in [4.78, 5) is 11.8. The van der Waals surface area contributed by atoms with Crippen LogP contribution in [0.2, 0.25) is 10.0 Å². The Morgan fingerprint density at radius 2 is 2.04 bits per heavy atom. The van der Waals surface area contributed by atoms with Crippen molar-refractivity contribution < 1.29 is 9.53 Å². The lowest BCUT2D eigenvalue weighted by atomic mass is 9.99. The molecule has 5 heteroatoms. The number of unbranched alkanes of at least 4 members (excludes halogenated alkanes) is 1. The van der Waals surface area contributed by atoms with Crippen LogP contribution < -0.4 is 10.1 Å². The maximum atomic E-state index is 11.8. The third-order valence-corrected chi connectivity index (χ3v) is 4.36. The molecule has 1 aromatic rings. The van der Waals surface area contributed by atoms with Gasteiger partial charge in [-0.25, -0.2) is 0 Å². The van der Waals surface area contributed by atoms with E-state index in [-0.39, 0.29) is 5.91 Å². The average Bonchev–Trinajstić information content (AvgIpc) is 2.53. The molecule has 1 atom stereocenters. The first-order valence-electron chi connectivity index (χ1n) is 8.41. The molecule has 0 saturated heterocycles. The third-order valence-electron chi connectivity index (χ3n) is 3.83. The molecule has 23 heavy (non-hydrogen) atoms. The lowest BCUT2D eigenvalue weighted by molar-refractivity contribution is -0.121. The molecule has 0 heterocycles. The Hall–Kier alpha value is -0.930. The van der Waals surface area contributed by atoms with Crippen molar-refractivity contribution in [2.45, 2.75) is 52.4 Å². The molecule has 130 valence electrons. The fourth-order valence-electron chi connectivity index (χ4n) is 2.30. The van der Waals surface area contributed by atoms with E-state index in [0.717, 1.165) is 13.0 Å². The van der Waals surface area contributed by atoms with Gasteiger partial charge in [-0.15, -0.1) is 0 Å². The number of benzene rings is 1. The minimum atomic E-state index is 0.0887. The first-order valence-corrected chi connectivity index (χ1v) is 9.16. The van der Waals surface area contributed by atoms with Gasteiger partial charge in [0.25, 0.3) is 0 Å². The van der Waals surface area contributed by atoms with Crippen LogP contribution in [0.4, 0.5) is 0 Å². The zero-order chi connectivity index (χ0) is 17.1. The van der Waals surface area contributed by atoms with Crippen molar-refractivity contribution in [3.05, 3.63) is 28.2 Å². The highest BCUT2D eigenvalue weighted by Gasteiger charge is 2.08. The summed E-state index contributed by atoms with van der Waals surface area (Å²) in [5, 5.41) is 4.09. The lowest BCUT2D eigenvalue weighted by Crippen LogP contribution is -2.29. The average molecular weight is 360 g/mol. The number of hydrogen-bond acceptors (Lipinski definition) is 2. The van der Waals surface area contributed by atoms with Crippen LogP contribution >= 0.6 is 23.2 Å². The molecule has 3 nitrogen and oxygen atoms in total. The zero-order valence-electron chi connectivity index (χ0n) is 14.0. The van der Waals surface area contributed by atoms with E-state index in [2.05, 4.69) is 19.2 Å². The van der Waals surface area contributed by atoms with Crippen molar-refractivity contribution in [3.8, 4) is 5.75 Å². The molecule has 0 fully saturated rings. The molecule has 0 bridgehead atoms. The van der Waals surface area contributed by atoms with Gasteiger partial charge in [-0.1, -0.05) is 56.3 Å². The van der Waals surface area contributed by atoms with Gasteiger partial charge >= 0.3 is 0 Å². The Balaban J connectivity index is 2.18. The van der Waals surface area contributed by atoms with E-state index in [1.165, 1.54) is 19.3 Å². The number of carbonyl (C=O) groups is 1. The SMILES string of the molecule is CCCC[C@@H](CC)CNC(=O)CCCOc1ccc(Cl)cc1Cl. The minimum absolute atomic E-state index is 0.0887. The largest absolute Gasteiger partial charge is 0.492 e. The summed E-state index contributed by atoms with van der Waals surface area (Å²) in [7, 11) is 0. The molecular weight excluding hydrogens is 333 g/mol. The second-order valence-electron chi connectivity index (χ2n) is 5.75. The summed E-state index contributed by atoms with van der Waals surface area (Å²) in [5.74, 6) is 1.27. The highest BCUT2D eigenvalue weighted by Crippen LogP contribution is 2.27. The first kappa shape index (κ1) is 20.1. The number of ether oxygens (including phenoxy) is 1. The van der Waals surface area contributed by atoms with E-state index in [9.17, 15) is 4.79 Å². The number of rotatable bonds is 11. The molecular formula is C18H27Cl2NO2. The van der Waals surface area contributed by atoms with Gasteiger partial charge in [0.2, 0.25) is 5.91 Å². The van der Waals surface area contributed by atoms with E-state index < -0.39 is 0 Å². The van der Waals surface area contributed by atoms with Gasteiger partial charge in [-0.3, -0.25) is 4.79 Å². The Bertz CT molecular complexity index is 480. The van der Waals surface area contributed by atoms with Crippen molar-refractivity contribution in [1.82, 2.24) is 5.32 Å². The zero-order valence-corrected chi connectivity index (χ0v) is 15.6. The van der Waals surface area contributed by atoms with E-state index in [0.29, 0.717) is 41.2 Å². The third kappa shape index (κ3) is 8.47. The molecule has 0 radical (unpaired) electrons. The van der Waals surface area contributed by atoms with Crippen LogP contribution in [0.1, 0.15) is 52.4 Å². The predicted molar refractivity (Wildman–Crippen MR) is 97.5 cm³/mol. The van der Waals surface area contributed by atoms with Gasteiger partial charge in [0.15, 0.2) is 0 Å². The smallest absolute Gasteiger partial charge is 0.220 e. The summed E-state index contributed by atoms with van der Waals surface area (Å²) in [6.45, 7) is 5.61. The fourth-order valence-corrected chi connectivity index (χ4v) is 2.76. The topological polar surface area (TPSA) is 38.3 Å². The van der Waals surface area contributed by atoms with E-state index in [1.807, 2.05) is 0 Å². The predicted octanol–water partition coefficient (Wildman–Crippen LogP) is 5.49. The Morgan fingerprint density at radius 3 is 2.70 bits per heavy atom. The van der Waals surface area contributed by atoms with Crippen molar-refractivity contribution in [2.75, 3.05) is 13.2 Å². The molecule has 1 N–H and O–H groups in total. The van der Waals surface area contributed by atoms with E-state index >= 15 is 0 Å². The standard InChI is InChI=1S/C18H27Cl2NO2/c1-3-5-7-14(4-2)13-21-18(22)8-6-11-23-17-10-9-15(19)12-16(17)20/h9-10,12,14H,3-8,11,13H2,1-2H3,(H,21,22)/t14-/m1/s1. The fraction of sp³-hybridized carbons (Fsp3) is 0.611. The summed E-state index contributed by atoms with van der Waals surface area (Å²) in [6.07, 6.45) is 5.86. The molecule has 0 aromatic heterocycles. The highest BCUT2D eigenvalue weighted by atomic mass is 35.5. The molecule has 0 aliphatic carbocycles. The van der Waals surface area contributed by atoms with Crippen molar-refractivity contribution in [3.63, 3.8) is 0 Å². The van der Waals surface area contributed by atoms with Crippen LogP contribution in [0.15, 0.2) is 18.2 Å². The van der Waals surface area contributed by atoms with Gasteiger partial charge < -0.3 is 10.1 Å². The molecule has 0 unspecified atom stereocenters. The summed E-state index contributed by atoms with van der Waals surface area (Å²) in [5.41, 5.74) is 0. The molecule has 0 saturated carbocycles. The van der Waals surface area contributed by atoms with Crippen molar-refractivity contribution in [1.29, 1.82) is 0 Å². The molecule has 0 aliphatic rings. The van der Waals surface area contributed by atoms with Gasteiger partial charge in [-0.05, 0) is 37.0 Å². The number of carbonyl (C=O) groups excluding carboxylic acids is 1. The summed E-state index contributed by atoms with van der Waals surface area (Å²) < 4.78 is 5.57. The number of nitrogens with one attached hydrogen (secondary N) is 1. The second-order valence-corrected chi connectivity index (χ2v) is 6.59. The molecule has 1 aromatic carbocycles. The van der Waals surface area contributed by atoms with Gasteiger partial charge in [-0.2, -0.15) is 0 Å². The number of hydrogen-bond donors (Lipinski definition) is 1. The van der Waals surface area contributed by atoms with Crippen LogP contribution in [-0.4, -0.2) is 19.1 Å². The van der Waals surface area contributed by atoms with Gasteiger partial charge in [0.1, 0.15) is 5.75 Å². The Labute approximate surface area is 149 Å². The van der Waals surface area contributed by atoms with Crippen LogP contribution in [0, 0.1) is 5.92 Å². The van der Waals surface area contributed by atoms with Crippen LogP contribution in [0.5, 0.6) is 5.75 Å². The monoisotopic (exact) mass is 359 g/mol. The van der Waals surface area contributed by atoms with Crippen LogP contribution in [-0.2, 0) is 4.79 Å². The molecule has 0 aliphatic heterocycles. The van der Waals surface area contributed by atoms with E-state index in [4.69, 9.17) is 27.9 Å². The number of halogens is 2. The van der Waals surface area contributed by atoms with Crippen molar-refractivity contribution in [2.24, 2.45) is 5.92 Å². The second kappa shape index (κ2) is 11.6. The van der Waals surface area contributed by atoms with E-state index in [1.54, 1.807) is 18.2 Å². The van der Waals surface area contributed by atoms with Crippen LogP contribution in [0.3, 0.4) is 0 Å². The Morgan fingerprint density at radius 1 is 1.26 bits per heavy atom. The quantitative estimate of drug-likeness (QED) is 0.530. The highest BCUT2D eigenvalue weighted by molar-refractivity contribution is 6.35. The van der Waals surface area contributed by atoms with Gasteiger partial charge in [0.05, 0.1) is 11.6 Å². The maximum absolute atomic E-state index is 11.8. The maximum Gasteiger partial charge on any atom is 0.220 e. The molecule has 1 amide bonds. The van der Waals surface area contributed by atoms with Crippen molar-refractivity contribution >= 4 is 29.1 Å². The van der Waals surface area contributed by atoms with Gasteiger partial charge in [0, 0.05) is 18.0 Å². The first-order chi connectivity index (χ1) is 11.1. The number of amides is 1. The Kier molecular flexibility index (Phi) is 10.1. The molecule has 1 rings (SSSR count). The lowest BCUT2D eigenvalue weighted by Gasteiger charge is -2.15. The molecule has 0 spiro atoms. The summed E-state index contributed by atoms with van der Waals surface area (Å²) in [6, 6.07) is 5.12.